The third-order valence-electron chi connectivity index (χ3n) is 5.04. The first-order chi connectivity index (χ1) is 14.5. The summed E-state index contributed by atoms with van der Waals surface area (Å²) in [5.74, 6) is -0.450. The van der Waals surface area contributed by atoms with Gasteiger partial charge in [-0.2, -0.15) is 0 Å². The predicted molar refractivity (Wildman–Crippen MR) is 123 cm³/mol. The summed E-state index contributed by atoms with van der Waals surface area (Å²) in [5, 5.41) is 15.6. The molecule has 0 unspecified atom stereocenters. The molecular weight excluding hydrogens is 372 g/mol. The Morgan fingerprint density at radius 3 is 2.50 bits per heavy atom. The number of phenolic OH excluding ortho intramolecular Hbond substituents is 1. The minimum absolute atomic E-state index is 0.0869. The fourth-order valence-corrected chi connectivity index (χ4v) is 3.42. The molecule has 0 atom stereocenters. The highest BCUT2D eigenvalue weighted by atomic mass is 16.3. The van der Waals surface area contributed by atoms with Gasteiger partial charge >= 0.3 is 0 Å². The lowest BCUT2D eigenvalue weighted by Crippen LogP contribution is -2.13. The Morgan fingerprint density at radius 2 is 1.70 bits per heavy atom. The van der Waals surface area contributed by atoms with Crippen LogP contribution >= 0.6 is 0 Å². The first-order valence-electron chi connectivity index (χ1n) is 9.75. The first kappa shape index (κ1) is 19.4. The van der Waals surface area contributed by atoms with Gasteiger partial charge in [-0.1, -0.05) is 54.6 Å². The quantitative estimate of drug-likeness (QED) is 0.407. The fourth-order valence-electron chi connectivity index (χ4n) is 3.42. The van der Waals surface area contributed by atoms with Crippen LogP contribution in [0.25, 0.3) is 10.8 Å². The Balaban J connectivity index is 1.79. The number of carbonyl (C=O) groups excluding carboxylic acids is 1. The lowest BCUT2D eigenvalue weighted by molar-refractivity contribution is 0.102. The second-order valence-electron chi connectivity index (χ2n) is 7.27. The summed E-state index contributed by atoms with van der Waals surface area (Å²) in [5.41, 5.74) is 4.28. The van der Waals surface area contributed by atoms with E-state index in [1.807, 2.05) is 86.6 Å². The summed E-state index contributed by atoms with van der Waals surface area (Å²) in [4.78, 5) is 17.5. The van der Waals surface area contributed by atoms with Gasteiger partial charge in [0.2, 0.25) is 0 Å². The van der Waals surface area contributed by atoms with Gasteiger partial charge in [-0.05, 0) is 60.0 Å². The van der Waals surface area contributed by atoms with Gasteiger partial charge in [0.15, 0.2) is 0 Å². The zero-order chi connectivity index (χ0) is 21.1. The van der Waals surface area contributed by atoms with Gasteiger partial charge in [0.25, 0.3) is 5.91 Å². The van der Waals surface area contributed by atoms with Crippen molar-refractivity contribution in [2.45, 2.75) is 13.8 Å². The number of nitrogens with one attached hydrogen (secondary N) is 1. The number of aryl methyl sites for hydroxylation is 2. The summed E-state index contributed by atoms with van der Waals surface area (Å²) in [7, 11) is 0. The fraction of sp³-hybridized carbons (Fsp3) is 0.0769. The Morgan fingerprint density at radius 1 is 0.933 bits per heavy atom. The average molecular weight is 394 g/mol. The van der Waals surface area contributed by atoms with Crippen LogP contribution < -0.4 is 5.32 Å². The van der Waals surface area contributed by atoms with E-state index in [1.54, 1.807) is 12.3 Å². The SMILES string of the molecule is Cc1cccc(N=Cc2c(O)c(C(=O)Nc3ccccc3C)cc3ccccc23)c1. The minimum atomic E-state index is -0.363. The van der Waals surface area contributed by atoms with Crippen LogP contribution in [-0.4, -0.2) is 17.2 Å². The number of aromatic hydroxyl groups is 1. The van der Waals surface area contributed by atoms with Crippen molar-refractivity contribution < 1.29 is 9.90 Å². The maximum atomic E-state index is 13.0. The summed E-state index contributed by atoms with van der Waals surface area (Å²) >= 11 is 0. The van der Waals surface area contributed by atoms with Crippen LogP contribution in [0.15, 0.2) is 83.9 Å². The second-order valence-corrected chi connectivity index (χ2v) is 7.27. The van der Waals surface area contributed by atoms with Gasteiger partial charge in [0, 0.05) is 17.5 Å². The molecule has 0 saturated carbocycles. The molecule has 4 aromatic carbocycles. The predicted octanol–water partition coefficient (Wildman–Crippen LogP) is 6.17. The number of nitrogens with zero attached hydrogens (tertiary/aromatic N) is 1. The van der Waals surface area contributed by atoms with Crippen molar-refractivity contribution in [3.05, 3.63) is 101 Å². The summed E-state index contributed by atoms with van der Waals surface area (Å²) in [6, 6.07) is 24.7. The molecule has 0 saturated heterocycles. The van der Waals surface area contributed by atoms with E-state index >= 15 is 0 Å². The smallest absolute Gasteiger partial charge is 0.259 e. The molecule has 0 aliphatic heterocycles. The average Bonchev–Trinajstić information content (AvgIpc) is 2.74. The summed E-state index contributed by atoms with van der Waals surface area (Å²) < 4.78 is 0. The van der Waals surface area contributed by atoms with Crippen molar-refractivity contribution in [2.75, 3.05) is 5.32 Å². The zero-order valence-electron chi connectivity index (χ0n) is 16.9. The van der Waals surface area contributed by atoms with Crippen molar-refractivity contribution in [1.29, 1.82) is 0 Å². The molecule has 4 nitrogen and oxygen atoms in total. The third-order valence-corrected chi connectivity index (χ3v) is 5.04. The van der Waals surface area contributed by atoms with E-state index in [4.69, 9.17) is 0 Å². The first-order valence-corrected chi connectivity index (χ1v) is 9.75. The van der Waals surface area contributed by atoms with E-state index in [9.17, 15) is 9.90 Å². The number of anilines is 1. The van der Waals surface area contributed by atoms with Gasteiger partial charge in [-0.3, -0.25) is 9.79 Å². The molecule has 1 amide bonds. The number of hydrogen-bond acceptors (Lipinski definition) is 3. The van der Waals surface area contributed by atoms with E-state index in [2.05, 4.69) is 10.3 Å². The van der Waals surface area contributed by atoms with Crippen LogP contribution in [0.4, 0.5) is 11.4 Å². The van der Waals surface area contributed by atoms with Gasteiger partial charge < -0.3 is 10.4 Å². The van der Waals surface area contributed by atoms with Crippen LogP contribution in [0.3, 0.4) is 0 Å². The Hall–Kier alpha value is -3.92. The van der Waals surface area contributed by atoms with Crippen LogP contribution in [0.1, 0.15) is 27.0 Å². The molecule has 30 heavy (non-hydrogen) atoms. The number of rotatable bonds is 4. The van der Waals surface area contributed by atoms with E-state index in [1.165, 1.54) is 0 Å². The molecule has 2 N–H and O–H groups in total. The molecule has 0 aromatic heterocycles. The topological polar surface area (TPSA) is 61.7 Å². The number of amides is 1. The maximum absolute atomic E-state index is 13.0. The summed E-state index contributed by atoms with van der Waals surface area (Å²) in [6.07, 6.45) is 1.62. The second kappa shape index (κ2) is 8.21. The van der Waals surface area contributed by atoms with Crippen molar-refractivity contribution >= 4 is 34.3 Å². The van der Waals surface area contributed by atoms with Crippen LogP contribution in [-0.2, 0) is 0 Å². The largest absolute Gasteiger partial charge is 0.506 e. The van der Waals surface area contributed by atoms with E-state index in [-0.39, 0.29) is 17.2 Å². The molecular formula is C26H22N2O2. The molecule has 0 heterocycles. The highest BCUT2D eigenvalue weighted by molar-refractivity contribution is 6.13. The Labute approximate surface area is 175 Å². The molecule has 4 heteroatoms. The third kappa shape index (κ3) is 3.94. The number of phenols is 1. The Bertz CT molecular complexity index is 1280. The number of carbonyl (C=O) groups is 1. The molecule has 4 aromatic rings. The molecule has 0 radical (unpaired) electrons. The van der Waals surface area contributed by atoms with Crippen molar-refractivity contribution in [3.8, 4) is 5.75 Å². The highest BCUT2D eigenvalue weighted by Crippen LogP contribution is 2.31. The van der Waals surface area contributed by atoms with Crippen molar-refractivity contribution in [1.82, 2.24) is 0 Å². The number of para-hydroxylation sites is 1. The molecule has 148 valence electrons. The van der Waals surface area contributed by atoms with E-state index in [0.29, 0.717) is 11.3 Å². The Kier molecular flexibility index (Phi) is 5.31. The molecule has 0 spiro atoms. The number of hydrogen-bond donors (Lipinski definition) is 2. The summed E-state index contributed by atoms with van der Waals surface area (Å²) in [6.45, 7) is 3.93. The number of fused-ring (bicyclic) bond motifs is 1. The lowest BCUT2D eigenvalue weighted by atomic mass is 9.99. The molecule has 0 aliphatic rings. The van der Waals surface area contributed by atoms with E-state index in [0.717, 1.165) is 27.6 Å². The molecule has 0 fully saturated rings. The van der Waals surface area contributed by atoms with Gasteiger partial charge in [0.05, 0.1) is 11.3 Å². The molecule has 0 aliphatic carbocycles. The lowest BCUT2D eigenvalue weighted by Gasteiger charge is -2.13. The van der Waals surface area contributed by atoms with Crippen LogP contribution in [0.5, 0.6) is 5.75 Å². The number of aliphatic imine (C=N–C) groups is 1. The van der Waals surface area contributed by atoms with Gasteiger partial charge in [-0.15, -0.1) is 0 Å². The normalized spacial score (nSPS) is 11.1. The highest BCUT2D eigenvalue weighted by Gasteiger charge is 2.18. The van der Waals surface area contributed by atoms with Crippen LogP contribution in [0.2, 0.25) is 0 Å². The zero-order valence-corrected chi connectivity index (χ0v) is 16.9. The standard InChI is InChI=1S/C26H22N2O2/c1-17-8-7-11-20(14-17)27-16-23-21-12-5-4-10-19(21)15-22(25(23)29)26(30)28-24-13-6-3-9-18(24)2/h3-16,29H,1-2H3,(H,28,30). The monoisotopic (exact) mass is 394 g/mol. The molecule has 0 bridgehead atoms. The van der Waals surface area contributed by atoms with Crippen molar-refractivity contribution in [2.24, 2.45) is 4.99 Å². The van der Waals surface area contributed by atoms with E-state index < -0.39 is 0 Å². The number of benzene rings is 4. The van der Waals surface area contributed by atoms with Gasteiger partial charge in [-0.25, -0.2) is 0 Å². The maximum Gasteiger partial charge on any atom is 0.259 e. The van der Waals surface area contributed by atoms with Crippen LogP contribution in [0, 0.1) is 13.8 Å². The van der Waals surface area contributed by atoms with Gasteiger partial charge in [0.1, 0.15) is 5.75 Å². The van der Waals surface area contributed by atoms with Crippen molar-refractivity contribution in [3.63, 3.8) is 0 Å². The minimum Gasteiger partial charge on any atom is -0.506 e. The molecule has 4 rings (SSSR count).